The molecular weight excluding hydrogens is 464 g/mol. The number of amides is 1. The predicted molar refractivity (Wildman–Crippen MR) is 127 cm³/mol. The lowest BCUT2D eigenvalue weighted by Gasteiger charge is -2.38. The Morgan fingerprint density at radius 1 is 1.12 bits per heavy atom. The highest BCUT2D eigenvalue weighted by Crippen LogP contribution is 2.39. The van der Waals surface area contributed by atoms with Crippen molar-refractivity contribution in [3.63, 3.8) is 0 Å². The van der Waals surface area contributed by atoms with Crippen molar-refractivity contribution >= 4 is 38.8 Å². The molecule has 1 atom stereocenters. The summed E-state index contributed by atoms with van der Waals surface area (Å²) in [4.78, 5) is 16.6. The first-order valence-electron chi connectivity index (χ1n) is 11.6. The molecule has 2 saturated carbocycles. The van der Waals surface area contributed by atoms with Crippen LogP contribution >= 0.6 is 23.1 Å². The van der Waals surface area contributed by atoms with Crippen molar-refractivity contribution in [1.82, 2.24) is 19.7 Å². The number of thiophene rings is 1. The number of carbonyl (C=O) groups is 1. The molecular formula is C22H30N4O3S3. The molecule has 3 heterocycles. The predicted octanol–water partition coefficient (Wildman–Crippen LogP) is 3.71. The number of thioether (sulfide) groups is 1. The molecule has 3 fully saturated rings. The van der Waals surface area contributed by atoms with Crippen molar-refractivity contribution in [3.8, 4) is 0 Å². The summed E-state index contributed by atoms with van der Waals surface area (Å²) in [6.45, 7) is 0. The summed E-state index contributed by atoms with van der Waals surface area (Å²) in [6.07, 6.45) is 8.99. The maximum absolute atomic E-state index is 13.4. The quantitative estimate of drug-likeness (QED) is 0.520. The molecule has 0 spiro atoms. The van der Waals surface area contributed by atoms with Crippen molar-refractivity contribution in [2.75, 3.05) is 17.3 Å². The van der Waals surface area contributed by atoms with E-state index in [-0.39, 0.29) is 35.2 Å². The van der Waals surface area contributed by atoms with Crippen LogP contribution in [0.4, 0.5) is 0 Å². The summed E-state index contributed by atoms with van der Waals surface area (Å²) >= 11 is 3.18. The molecule has 2 aromatic heterocycles. The van der Waals surface area contributed by atoms with Crippen LogP contribution in [-0.4, -0.2) is 63.3 Å². The number of carbonyl (C=O) groups excluding carboxylic acids is 1. The summed E-state index contributed by atoms with van der Waals surface area (Å²) in [6, 6.07) is 4.60. The fourth-order valence-electron chi connectivity index (χ4n) is 5.06. The van der Waals surface area contributed by atoms with Crippen LogP contribution in [0.3, 0.4) is 0 Å². The highest BCUT2D eigenvalue weighted by Gasteiger charge is 2.39. The topological polar surface area (TPSA) is 85.2 Å². The van der Waals surface area contributed by atoms with Crippen molar-refractivity contribution in [2.45, 2.75) is 81.1 Å². The Hall–Kier alpha value is -1.39. The third-order valence-electron chi connectivity index (χ3n) is 6.74. The van der Waals surface area contributed by atoms with Gasteiger partial charge in [-0.3, -0.25) is 4.79 Å². The lowest BCUT2D eigenvalue weighted by atomic mass is 9.93. The smallest absolute Gasteiger partial charge is 0.233 e. The summed E-state index contributed by atoms with van der Waals surface area (Å²) in [5, 5.41) is 11.8. The molecule has 0 N–H and O–H groups in total. The molecule has 1 amide bonds. The minimum absolute atomic E-state index is 0.0501. The third kappa shape index (κ3) is 5.07. The highest BCUT2D eigenvalue weighted by molar-refractivity contribution is 7.99. The van der Waals surface area contributed by atoms with Crippen molar-refractivity contribution in [3.05, 3.63) is 28.2 Å². The maximum Gasteiger partial charge on any atom is 0.233 e. The van der Waals surface area contributed by atoms with Gasteiger partial charge in [0.05, 0.1) is 17.3 Å². The first kappa shape index (κ1) is 22.4. The summed E-state index contributed by atoms with van der Waals surface area (Å²) < 4.78 is 26.5. The molecule has 1 saturated heterocycles. The molecule has 0 unspecified atom stereocenters. The zero-order valence-electron chi connectivity index (χ0n) is 18.2. The summed E-state index contributed by atoms with van der Waals surface area (Å²) in [5.74, 6) is 1.62. The van der Waals surface area contributed by atoms with Crippen LogP contribution in [0.1, 0.15) is 68.1 Å². The van der Waals surface area contributed by atoms with Gasteiger partial charge in [0.15, 0.2) is 15.0 Å². The standard InChI is InChI=1S/C22H30N4O3S3/c27-21(25(16-5-2-1-3-6-16)18-10-12-32(28,29)15-18)14-31-22-24-23-20(26(22)17-8-9-17)13-19-7-4-11-30-19/h4,7,11,16-18H,1-3,5-6,8-10,12-15H2/t18-/m1/s1. The van der Waals surface area contributed by atoms with Crippen LogP contribution in [0.15, 0.2) is 22.7 Å². The number of aromatic nitrogens is 3. The van der Waals surface area contributed by atoms with Crippen molar-refractivity contribution in [2.24, 2.45) is 0 Å². The first-order chi connectivity index (χ1) is 15.5. The summed E-state index contributed by atoms with van der Waals surface area (Å²) in [7, 11) is -3.04. The highest BCUT2D eigenvalue weighted by atomic mass is 32.2. The molecule has 2 aliphatic carbocycles. The molecule has 5 rings (SSSR count). The fourth-order valence-corrected chi connectivity index (χ4v) is 8.36. The van der Waals surface area contributed by atoms with Crippen molar-refractivity contribution < 1.29 is 13.2 Å². The van der Waals surface area contributed by atoms with Gasteiger partial charge in [-0.15, -0.1) is 21.5 Å². The van der Waals surface area contributed by atoms with Gasteiger partial charge >= 0.3 is 0 Å². The Morgan fingerprint density at radius 2 is 1.94 bits per heavy atom. The number of hydrogen-bond donors (Lipinski definition) is 0. The normalized spacial score (nSPS) is 23.4. The van der Waals surface area contributed by atoms with E-state index >= 15 is 0 Å². The second kappa shape index (κ2) is 9.46. The molecule has 10 heteroatoms. The zero-order chi connectivity index (χ0) is 22.1. The molecule has 2 aromatic rings. The van der Waals surface area contributed by atoms with E-state index in [1.54, 1.807) is 11.3 Å². The number of nitrogens with zero attached hydrogens (tertiary/aromatic N) is 4. The average Bonchev–Trinajstić information content (AvgIpc) is 3.16. The van der Waals surface area contributed by atoms with Gasteiger partial charge in [-0.2, -0.15) is 0 Å². The van der Waals surface area contributed by atoms with Crippen LogP contribution in [0.5, 0.6) is 0 Å². The summed E-state index contributed by atoms with van der Waals surface area (Å²) in [5.41, 5.74) is 0. The lowest BCUT2D eigenvalue weighted by Crippen LogP contribution is -2.49. The van der Waals surface area contributed by atoms with Gasteiger partial charge in [-0.25, -0.2) is 8.42 Å². The van der Waals surface area contributed by atoms with Gasteiger partial charge in [0.2, 0.25) is 5.91 Å². The Labute approximate surface area is 197 Å². The van der Waals surface area contributed by atoms with E-state index in [2.05, 4.69) is 32.3 Å². The Kier molecular flexibility index (Phi) is 6.63. The van der Waals surface area contributed by atoms with Crippen LogP contribution < -0.4 is 0 Å². The van der Waals surface area contributed by atoms with Crippen LogP contribution in [0.2, 0.25) is 0 Å². The van der Waals surface area contributed by atoms with Gasteiger partial charge in [0, 0.05) is 29.4 Å². The molecule has 7 nitrogen and oxygen atoms in total. The fraction of sp³-hybridized carbons (Fsp3) is 0.682. The molecule has 3 aliphatic rings. The monoisotopic (exact) mass is 494 g/mol. The molecule has 0 aromatic carbocycles. The Balaban J connectivity index is 1.30. The molecule has 0 bridgehead atoms. The number of hydrogen-bond acceptors (Lipinski definition) is 7. The van der Waals surface area contributed by atoms with E-state index in [4.69, 9.17) is 0 Å². The van der Waals surface area contributed by atoms with E-state index in [0.29, 0.717) is 12.5 Å². The number of rotatable bonds is 8. The van der Waals surface area contributed by atoms with Crippen LogP contribution in [0, 0.1) is 0 Å². The maximum atomic E-state index is 13.4. The second-order valence-corrected chi connectivity index (χ2v) is 13.4. The number of sulfone groups is 1. The minimum atomic E-state index is -3.04. The van der Waals surface area contributed by atoms with E-state index in [1.165, 1.54) is 23.1 Å². The van der Waals surface area contributed by atoms with E-state index in [9.17, 15) is 13.2 Å². The average molecular weight is 495 g/mol. The van der Waals surface area contributed by atoms with Gasteiger partial charge in [-0.1, -0.05) is 37.1 Å². The van der Waals surface area contributed by atoms with Crippen molar-refractivity contribution in [1.29, 1.82) is 0 Å². The second-order valence-electron chi connectivity index (χ2n) is 9.19. The van der Waals surface area contributed by atoms with Crippen LogP contribution in [0.25, 0.3) is 0 Å². The van der Waals surface area contributed by atoms with Gasteiger partial charge in [0.1, 0.15) is 5.82 Å². The first-order valence-corrected chi connectivity index (χ1v) is 15.3. The van der Waals surface area contributed by atoms with Gasteiger partial charge in [-0.05, 0) is 43.6 Å². The third-order valence-corrected chi connectivity index (χ3v) is 10.3. The molecule has 32 heavy (non-hydrogen) atoms. The SMILES string of the molecule is O=C(CSc1nnc(Cc2cccs2)n1C1CC1)N(C1CCCCC1)[C@@H]1CCS(=O)(=O)C1. The van der Waals surface area contributed by atoms with Gasteiger partial charge < -0.3 is 9.47 Å². The van der Waals surface area contributed by atoms with E-state index in [1.807, 2.05) is 4.90 Å². The molecule has 1 aliphatic heterocycles. The minimum Gasteiger partial charge on any atom is -0.335 e. The van der Waals surface area contributed by atoms with E-state index in [0.717, 1.165) is 55.9 Å². The lowest BCUT2D eigenvalue weighted by molar-refractivity contribution is -0.133. The Bertz CT molecular complexity index is 1040. The van der Waals surface area contributed by atoms with Gasteiger partial charge in [0.25, 0.3) is 0 Å². The van der Waals surface area contributed by atoms with E-state index < -0.39 is 9.84 Å². The van der Waals surface area contributed by atoms with Crippen LogP contribution in [-0.2, 0) is 21.1 Å². The largest absolute Gasteiger partial charge is 0.335 e. The molecule has 174 valence electrons. The zero-order valence-corrected chi connectivity index (χ0v) is 20.6. The Morgan fingerprint density at radius 3 is 2.59 bits per heavy atom. The molecule has 0 radical (unpaired) electrons.